The minimum Gasteiger partial charge on any atom is -0.348 e. The number of benzene rings is 3. The lowest BCUT2D eigenvalue weighted by Gasteiger charge is -2.15. The molecule has 0 radical (unpaired) electrons. The van der Waals surface area contributed by atoms with Crippen molar-refractivity contribution in [1.29, 1.82) is 0 Å². The molecule has 4 N–H and O–H groups in total. The van der Waals surface area contributed by atoms with Crippen molar-refractivity contribution in [3.63, 3.8) is 0 Å². The van der Waals surface area contributed by atoms with E-state index in [4.69, 9.17) is 5.14 Å². The number of hydrogen-bond donors (Lipinski definition) is 3. The quantitative estimate of drug-likeness (QED) is 0.439. The molecule has 1 aliphatic rings. The van der Waals surface area contributed by atoms with Crippen LogP contribution in [-0.4, -0.2) is 34.9 Å². The highest BCUT2D eigenvalue weighted by Crippen LogP contribution is 2.39. The molecule has 0 fully saturated rings. The number of rotatable bonds is 4. The Morgan fingerprint density at radius 2 is 1.69 bits per heavy atom. The molecule has 32 heavy (non-hydrogen) atoms. The van der Waals surface area contributed by atoms with E-state index in [2.05, 4.69) is 25.9 Å². The number of nitrogens with one attached hydrogen (secondary N) is 2. The maximum absolute atomic E-state index is 12.6. The Hall–Kier alpha value is -3.89. The molecule has 10 heteroatoms. The number of amides is 1. The zero-order valence-corrected chi connectivity index (χ0v) is 17.8. The normalized spacial score (nSPS) is 13.1. The number of carbonyl (C=O) groups is 1. The van der Waals surface area contributed by atoms with Gasteiger partial charge in [0.15, 0.2) is 0 Å². The van der Waals surface area contributed by atoms with E-state index >= 15 is 0 Å². The fourth-order valence-corrected chi connectivity index (χ4v) is 4.65. The van der Waals surface area contributed by atoms with Crippen LogP contribution in [-0.2, 0) is 16.6 Å². The Balaban J connectivity index is 1.81. The number of aromatic amines is 1. The summed E-state index contributed by atoms with van der Waals surface area (Å²) < 4.78 is 25.3. The van der Waals surface area contributed by atoms with Crippen LogP contribution in [0.1, 0.15) is 21.5 Å². The van der Waals surface area contributed by atoms with Crippen LogP contribution in [0.4, 0.5) is 0 Å². The van der Waals surface area contributed by atoms with Crippen LogP contribution >= 0.6 is 0 Å². The zero-order chi connectivity index (χ0) is 22.5. The van der Waals surface area contributed by atoms with Gasteiger partial charge < -0.3 is 5.32 Å². The Morgan fingerprint density at radius 3 is 2.38 bits per heavy atom. The summed E-state index contributed by atoms with van der Waals surface area (Å²) in [6.07, 6.45) is 0. The first-order chi connectivity index (χ1) is 15.3. The average Bonchev–Trinajstić information content (AvgIpc) is 3.43. The van der Waals surface area contributed by atoms with Crippen molar-refractivity contribution in [2.45, 2.75) is 18.4 Å². The Morgan fingerprint density at radius 1 is 0.938 bits per heavy atom. The molecule has 9 nitrogen and oxygen atoms in total. The predicted molar refractivity (Wildman–Crippen MR) is 118 cm³/mol. The van der Waals surface area contributed by atoms with Crippen molar-refractivity contribution in [3.05, 3.63) is 71.3 Å². The van der Waals surface area contributed by atoms with Gasteiger partial charge in [-0.25, -0.2) is 13.6 Å². The number of aromatic nitrogens is 4. The second kappa shape index (κ2) is 7.36. The number of nitrogens with zero attached hydrogens (tertiary/aromatic N) is 3. The van der Waals surface area contributed by atoms with E-state index in [9.17, 15) is 13.2 Å². The Labute approximate surface area is 183 Å². The summed E-state index contributed by atoms with van der Waals surface area (Å²) in [6.45, 7) is 2.39. The molecular formula is C22H18N6O3S. The van der Waals surface area contributed by atoms with Gasteiger partial charge in [-0.3, -0.25) is 4.79 Å². The van der Waals surface area contributed by atoms with E-state index in [-0.39, 0.29) is 22.2 Å². The second-order valence-electron chi connectivity index (χ2n) is 7.60. The number of nitrogens with two attached hydrogens (primary N) is 1. The van der Waals surface area contributed by atoms with Gasteiger partial charge in [-0.2, -0.15) is 5.21 Å². The van der Waals surface area contributed by atoms with Crippen LogP contribution < -0.4 is 10.5 Å². The summed E-state index contributed by atoms with van der Waals surface area (Å²) in [7, 11) is -4.14. The fraction of sp³-hybridized carbons (Fsp3) is 0.0909. The molecule has 1 amide bonds. The van der Waals surface area contributed by atoms with Gasteiger partial charge in [0.05, 0.1) is 10.5 Å². The molecule has 0 spiro atoms. The third-order valence-electron chi connectivity index (χ3n) is 5.46. The largest absolute Gasteiger partial charge is 0.348 e. The molecule has 5 rings (SSSR count). The van der Waals surface area contributed by atoms with Crippen LogP contribution in [0.3, 0.4) is 0 Å². The summed E-state index contributed by atoms with van der Waals surface area (Å²) >= 11 is 0. The first-order valence-corrected chi connectivity index (χ1v) is 11.3. The third-order valence-corrected chi connectivity index (χ3v) is 6.40. The van der Waals surface area contributed by atoms with Gasteiger partial charge in [-0.1, -0.05) is 35.9 Å². The van der Waals surface area contributed by atoms with E-state index in [1.165, 1.54) is 6.07 Å². The number of fused-ring (bicyclic) bond motifs is 1. The molecular weight excluding hydrogens is 428 g/mol. The molecule has 0 saturated carbocycles. The smallest absolute Gasteiger partial charge is 0.251 e. The molecule has 0 saturated heterocycles. The van der Waals surface area contributed by atoms with Crippen molar-refractivity contribution < 1.29 is 13.2 Å². The molecule has 0 aliphatic carbocycles. The van der Waals surface area contributed by atoms with E-state index in [0.29, 0.717) is 23.2 Å². The minimum absolute atomic E-state index is 0.110. The molecule has 3 aromatic carbocycles. The fourth-order valence-electron chi connectivity index (χ4n) is 3.88. The summed E-state index contributed by atoms with van der Waals surface area (Å²) in [5.74, 6) is 0.00414. The molecule has 4 aromatic rings. The van der Waals surface area contributed by atoms with Gasteiger partial charge in [0.25, 0.3) is 5.91 Å². The number of sulfonamides is 1. The van der Waals surface area contributed by atoms with Gasteiger partial charge >= 0.3 is 0 Å². The number of H-pyrrole nitrogens is 1. The van der Waals surface area contributed by atoms with Crippen molar-refractivity contribution >= 4 is 15.9 Å². The van der Waals surface area contributed by atoms with Crippen molar-refractivity contribution in [3.8, 4) is 33.6 Å². The first kappa shape index (κ1) is 20.0. The Bertz CT molecular complexity index is 1460. The van der Waals surface area contributed by atoms with Gasteiger partial charge in [0, 0.05) is 12.1 Å². The minimum atomic E-state index is -4.14. The highest BCUT2D eigenvalue weighted by atomic mass is 32.2. The molecule has 0 unspecified atom stereocenters. The van der Waals surface area contributed by atoms with Gasteiger partial charge in [-0.15, -0.1) is 10.2 Å². The molecule has 1 aliphatic heterocycles. The monoisotopic (exact) mass is 446 g/mol. The van der Waals surface area contributed by atoms with Crippen molar-refractivity contribution in [2.75, 3.05) is 0 Å². The third kappa shape index (κ3) is 3.45. The molecule has 0 atom stereocenters. The second-order valence-corrected chi connectivity index (χ2v) is 9.13. The maximum Gasteiger partial charge on any atom is 0.251 e. The highest BCUT2D eigenvalue weighted by molar-refractivity contribution is 7.89. The highest BCUT2D eigenvalue weighted by Gasteiger charge is 2.25. The molecule has 1 aromatic heterocycles. The predicted octanol–water partition coefficient (Wildman–Crippen LogP) is 2.40. The number of carbonyl (C=O) groups excluding carboxylic acids is 1. The van der Waals surface area contributed by atoms with E-state index < -0.39 is 10.0 Å². The van der Waals surface area contributed by atoms with Crippen LogP contribution in [0.15, 0.2) is 59.5 Å². The average molecular weight is 446 g/mol. The molecule has 2 heterocycles. The summed E-state index contributed by atoms with van der Waals surface area (Å²) in [6, 6.07) is 16.5. The number of primary sulfonamides is 1. The number of hydrogen-bond acceptors (Lipinski definition) is 6. The maximum atomic E-state index is 12.6. The number of tetrazole rings is 1. The van der Waals surface area contributed by atoms with Crippen LogP contribution in [0.25, 0.3) is 33.6 Å². The van der Waals surface area contributed by atoms with E-state index in [1.807, 2.05) is 43.3 Å². The van der Waals surface area contributed by atoms with Gasteiger partial charge in [0.2, 0.25) is 15.8 Å². The zero-order valence-electron chi connectivity index (χ0n) is 17.0. The van der Waals surface area contributed by atoms with Crippen LogP contribution in [0, 0.1) is 6.92 Å². The SMILES string of the molecule is Cc1ccc(-c2cc(-c3ccc4c(c3)CNC4=O)cc(S(N)(=O)=O)c2-c2nn[nH]n2)cc1. The lowest BCUT2D eigenvalue weighted by atomic mass is 9.92. The molecule has 0 bridgehead atoms. The van der Waals surface area contributed by atoms with Crippen LogP contribution in [0.2, 0.25) is 0 Å². The molecule has 160 valence electrons. The van der Waals surface area contributed by atoms with E-state index in [1.54, 1.807) is 12.1 Å². The topological polar surface area (TPSA) is 144 Å². The first-order valence-electron chi connectivity index (χ1n) is 9.74. The lowest BCUT2D eigenvalue weighted by molar-refractivity contribution is 0.0965. The Kier molecular flexibility index (Phi) is 4.61. The summed E-state index contributed by atoms with van der Waals surface area (Å²) in [5, 5.41) is 22.4. The summed E-state index contributed by atoms with van der Waals surface area (Å²) in [4.78, 5) is 11.8. The lowest BCUT2D eigenvalue weighted by Crippen LogP contribution is -2.14. The van der Waals surface area contributed by atoms with Crippen LogP contribution in [0.5, 0.6) is 0 Å². The van der Waals surface area contributed by atoms with E-state index in [0.717, 1.165) is 22.3 Å². The van der Waals surface area contributed by atoms with Gasteiger partial charge in [0.1, 0.15) is 0 Å². The standard InChI is InChI=1S/C22H18N6O3S/c1-12-2-4-13(5-3-12)18-9-15(14-6-7-17-16(8-14)11-24-22(17)29)10-19(32(23,30)31)20(18)21-25-27-28-26-21/h2-10H,11H2,1H3,(H,24,29)(H2,23,30,31)(H,25,26,27,28). The number of aryl methyl sites for hydroxylation is 1. The van der Waals surface area contributed by atoms with Gasteiger partial charge in [-0.05, 0) is 64.2 Å². The van der Waals surface area contributed by atoms with Crippen molar-refractivity contribution in [2.24, 2.45) is 5.14 Å². The van der Waals surface area contributed by atoms with Crippen molar-refractivity contribution in [1.82, 2.24) is 25.9 Å². The summed E-state index contributed by atoms with van der Waals surface area (Å²) in [5.41, 5.74) is 5.58.